The van der Waals surface area contributed by atoms with E-state index in [0.717, 1.165) is 17.7 Å². The molecule has 0 aromatic heterocycles. The quantitative estimate of drug-likeness (QED) is 0.846. The minimum absolute atomic E-state index is 0.144. The van der Waals surface area contributed by atoms with Crippen molar-refractivity contribution in [3.05, 3.63) is 59.2 Å². The molecule has 0 heterocycles. The first-order valence-corrected chi connectivity index (χ1v) is 5.49. The zero-order valence-corrected chi connectivity index (χ0v) is 9.91. The Kier molecular flexibility index (Phi) is 3.46. The normalized spacial score (nSPS) is 10.4. The summed E-state index contributed by atoms with van der Waals surface area (Å²) in [7, 11) is 0. The number of hydrogen-bond acceptors (Lipinski definition) is 2. The maximum Gasteiger partial charge on any atom is 0.159 e. The van der Waals surface area contributed by atoms with E-state index in [-0.39, 0.29) is 6.61 Å². The van der Waals surface area contributed by atoms with Crippen LogP contribution >= 0.6 is 0 Å². The molecule has 2 N–H and O–H groups in total. The van der Waals surface area contributed by atoms with Gasteiger partial charge >= 0.3 is 0 Å². The van der Waals surface area contributed by atoms with Crippen molar-refractivity contribution in [1.82, 2.24) is 0 Å². The molecule has 0 bridgehead atoms. The molecule has 2 aromatic rings. The standard InChI is InChI=1S/C14H13F2NO/c1-9-2-5-13(17)14(6-9)18-8-10-3-4-11(15)12(16)7-10/h2-7H,8,17H2,1H3. The second-order valence-electron chi connectivity index (χ2n) is 4.08. The Labute approximate surface area is 104 Å². The molecule has 0 spiro atoms. The van der Waals surface area contributed by atoms with Crippen LogP contribution in [0.15, 0.2) is 36.4 Å². The smallest absolute Gasteiger partial charge is 0.159 e. The van der Waals surface area contributed by atoms with Crippen molar-refractivity contribution in [2.45, 2.75) is 13.5 Å². The number of ether oxygens (including phenoxy) is 1. The van der Waals surface area contributed by atoms with Crippen molar-refractivity contribution >= 4 is 5.69 Å². The highest BCUT2D eigenvalue weighted by Gasteiger charge is 2.05. The molecule has 18 heavy (non-hydrogen) atoms. The van der Waals surface area contributed by atoms with E-state index < -0.39 is 11.6 Å². The fourth-order valence-corrected chi connectivity index (χ4v) is 1.56. The Hall–Kier alpha value is -2.10. The summed E-state index contributed by atoms with van der Waals surface area (Å²) in [4.78, 5) is 0. The molecule has 2 nitrogen and oxygen atoms in total. The van der Waals surface area contributed by atoms with Crippen LogP contribution in [0.2, 0.25) is 0 Å². The summed E-state index contributed by atoms with van der Waals surface area (Å²) in [6.45, 7) is 2.06. The molecule has 2 aromatic carbocycles. The average molecular weight is 249 g/mol. The molecule has 0 fully saturated rings. The van der Waals surface area contributed by atoms with Gasteiger partial charge in [-0.05, 0) is 42.3 Å². The SMILES string of the molecule is Cc1ccc(N)c(OCc2ccc(F)c(F)c2)c1. The van der Waals surface area contributed by atoms with Crippen LogP contribution in [-0.2, 0) is 6.61 Å². The minimum Gasteiger partial charge on any atom is -0.487 e. The van der Waals surface area contributed by atoms with Crippen LogP contribution in [0.5, 0.6) is 5.75 Å². The van der Waals surface area contributed by atoms with Gasteiger partial charge in [-0.3, -0.25) is 0 Å². The number of benzene rings is 2. The lowest BCUT2D eigenvalue weighted by atomic mass is 10.2. The van der Waals surface area contributed by atoms with E-state index in [2.05, 4.69) is 0 Å². The maximum atomic E-state index is 13.0. The predicted molar refractivity (Wildman–Crippen MR) is 66.3 cm³/mol. The highest BCUT2D eigenvalue weighted by molar-refractivity contribution is 5.53. The molecule has 0 saturated heterocycles. The van der Waals surface area contributed by atoms with E-state index >= 15 is 0 Å². The van der Waals surface area contributed by atoms with E-state index in [1.807, 2.05) is 13.0 Å². The highest BCUT2D eigenvalue weighted by Crippen LogP contribution is 2.23. The summed E-state index contributed by atoms with van der Waals surface area (Å²) < 4.78 is 31.2. The Bertz CT molecular complexity index is 570. The molecule has 0 aliphatic carbocycles. The van der Waals surface area contributed by atoms with Crippen LogP contribution in [0, 0.1) is 18.6 Å². The second-order valence-corrected chi connectivity index (χ2v) is 4.08. The van der Waals surface area contributed by atoms with Crippen LogP contribution in [0.1, 0.15) is 11.1 Å². The summed E-state index contributed by atoms with van der Waals surface area (Å²) in [6, 6.07) is 9.09. The Morgan fingerprint density at radius 1 is 1.06 bits per heavy atom. The lowest BCUT2D eigenvalue weighted by Crippen LogP contribution is -2.00. The van der Waals surface area contributed by atoms with Gasteiger partial charge in [0.2, 0.25) is 0 Å². The number of nitrogen functional groups attached to an aromatic ring is 1. The first-order valence-electron chi connectivity index (χ1n) is 5.49. The molecule has 0 aliphatic rings. The van der Waals surface area contributed by atoms with E-state index in [0.29, 0.717) is 17.0 Å². The van der Waals surface area contributed by atoms with Crippen LogP contribution in [0.25, 0.3) is 0 Å². The molecule has 94 valence electrons. The Balaban J connectivity index is 2.11. The number of anilines is 1. The van der Waals surface area contributed by atoms with Gasteiger partial charge in [-0.2, -0.15) is 0 Å². The van der Waals surface area contributed by atoms with Gasteiger partial charge in [0.1, 0.15) is 12.4 Å². The fraction of sp³-hybridized carbons (Fsp3) is 0.143. The number of halogens is 2. The molecular weight excluding hydrogens is 236 g/mol. The van der Waals surface area contributed by atoms with Crippen molar-refractivity contribution in [2.24, 2.45) is 0 Å². The zero-order chi connectivity index (χ0) is 13.1. The monoisotopic (exact) mass is 249 g/mol. The third-order valence-corrected chi connectivity index (χ3v) is 2.55. The molecule has 0 aliphatic heterocycles. The van der Waals surface area contributed by atoms with Gasteiger partial charge in [-0.15, -0.1) is 0 Å². The van der Waals surface area contributed by atoms with Crippen molar-refractivity contribution in [3.8, 4) is 5.75 Å². The van der Waals surface area contributed by atoms with Crippen LogP contribution in [0.3, 0.4) is 0 Å². The van der Waals surface area contributed by atoms with Crippen molar-refractivity contribution in [1.29, 1.82) is 0 Å². The summed E-state index contributed by atoms with van der Waals surface area (Å²) in [5, 5.41) is 0. The van der Waals surface area contributed by atoms with Gasteiger partial charge < -0.3 is 10.5 Å². The molecule has 0 radical (unpaired) electrons. The average Bonchev–Trinajstić information content (AvgIpc) is 2.34. The molecule has 4 heteroatoms. The lowest BCUT2D eigenvalue weighted by Gasteiger charge is -2.09. The third kappa shape index (κ3) is 2.77. The summed E-state index contributed by atoms with van der Waals surface area (Å²) in [6.07, 6.45) is 0. The summed E-state index contributed by atoms with van der Waals surface area (Å²) in [5.74, 6) is -1.21. The van der Waals surface area contributed by atoms with E-state index in [9.17, 15) is 8.78 Å². The predicted octanol–water partition coefficient (Wildman–Crippen LogP) is 3.43. The van der Waals surface area contributed by atoms with Gasteiger partial charge in [-0.1, -0.05) is 12.1 Å². The van der Waals surface area contributed by atoms with Crippen LogP contribution in [-0.4, -0.2) is 0 Å². The van der Waals surface area contributed by atoms with Crippen molar-refractivity contribution < 1.29 is 13.5 Å². The molecular formula is C14H13F2NO. The topological polar surface area (TPSA) is 35.2 Å². The van der Waals surface area contributed by atoms with Gasteiger partial charge in [0.15, 0.2) is 11.6 Å². The van der Waals surface area contributed by atoms with Crippen LogP contribution in [0.4, 0.5) is 14.5 Å². The number of aryl methyl sites for hydroxylation is 1. The van der Waals surface area contributed by atoms with Crippen LogP contribution < -0.4 is 10.5 Å². The first kappa shape index (κ1) is 12.4. The lowest BCUT2D eigenvalue weighted by molar-refractivity contribution is 0.306. The zero-order valence-electron chi connectivity index (χ0n) is 9.91. The van der Waals surface area contributed by atoms with E-state index in [1.165, 1.54) is 6.07 Å². The van der Waals surface area contributed by atoms with Gasteiger partial charge in [0.05, 0.1) is 5.69 Å². The summed E-state index contributed by atoms with van der Waals surface area (Å²) >= 11 is 0. The Morgan fingerprint density at radius 3 is 2.56 bits per heavy atom. The second kappa shape index (κ2) is 5.04. The highest BCUT2D eigenvalue weighted by atomic mass is 19.2. The summed E-state index contributed by atoms with van der Waals surface area (Å²) in [5.41, 5.74) is 7.83. The number of nitrogens with two attached hydrogens (primary N) is 1. The van der Waals surface area contributed by atoms with E-state index in [4.69, 9.17) is 10.5 Å². The minimum atomic E-state index is -0.881. The van der Waals surface area contributed by atoms with Gasteiger partial charge in [0, 0.05) is 0 Å². The largest absolute Gasteiger partial charge is 0.487 e. The number of rotatable bonds is 3. The Morgan fingerprint density at radius 2 is 1.83 bits per heavy atom. The molecule has 0 amide bonds. The number of hydrogen-bond donors (Lipinski definition) is 1. The first-order chi connectivity index (χ1) is 8.56. The van der Waals surface area contributed by atoms with Gasteiger partial charge in [0.25, 0.3) is 0 Å². The van der Waals surface area contributed by atoms with Crippen molar-refractivity contribution in [2.75, 3.05) is 5.73 Å². The van der Waals surface area contributed by atoms with Crippen molar-refractivity contribution in [3.63, 3.8) is 0 Å². The third-order valence-electron chi connectivity index (χ3n) is 2.55. The van der Waals surface area contributed by atoms with E-state index in [1.54, 1.807) is 12.1 Å². The molecule has 0 saturated carbocycles. The van der Waals surface area contributed by atoms with Gasteiger partial charge in [-0.25, -0.2) is 8.78 Å². The molecule has 2 rings (SSSR count). The maximum absolute atomic E-state index is 13.0. The molecule has 0 atom stereocenters. The molecule has 0 unspecified atom stereocenters. The fourth-order valence-electron chi connectivity index (χ4n) is 1.56.